The molecule has 1 aromatic rings. The van der Waals surface area contributed by atoms with Crippen LogP contribution in [0.5, 0.6) is 5.75 Å². The van der Waals surface area contributed by atoms with Gasteiger partial charge in [-0.1, -0.05) is 18.2 Å². The average molecular weight is 312 g/mol. The first-order valence-electron chi connectivity index (χ1n) is 6.61. The molecule has 21 heavy (non-hydrogen) atoms. The third-order valence-corrected chi connectivity index (χ3v) is 3.30. The molecule has 0 aromatic heterocycles. The van der Waals surface area contributed by atoms with E-state index in [2.05, 4.69) is 0 Å². The molecule has 0 spiro atoms. The lowest BCUT2D eigenvalue weighted by molar-refractivity contribution is -0.119. The van der Waals surface area contributed by atoms with Gasteiger partial charge in [0.15, 0.2) is 0 Å². The number of carbonyl (C=O) groups is 2. The summed E-state index contributed by atoms with van der Waals surface area (Å²) in [6, 6.07) is 8.75. The first-order valence-corrected chi connectivity index (χ1v) is 7.76. The average Bonchev–Trinajstić information content (AvgIpc) is 2.46. The molecular formula is C14H20N2O4S. The van der Waals surface area contributed by atoms with E-state index in [9.17, 15) is 9.59 Å². The van der Waals surface area contributed by atoms with E-state index in [1.165, 1.54) is 0 Å². The molecule has 7 heteroatoms. The first-order chi connectivity index (χ1) is 10.2. The van der Waals surface area contributed by atoms with Gasteiger partial charge in [-0.3, -0.25) is 10.1 Å². The number of carbonyl (C=O) groups excluding carboxylic acids is 2. The van der Waals surface area contributed by atoms with E-state index in [4.69, 9.17) is 15.2 Å². The van der Waals surface area contributed by atoms with Crippen molar-refractivity contribution >= 4 is 23.7 Å². The minimum Gasteiger partial charge on any atom is -0.491 e. The molecule has 0 aliphatic rings. The van der Waals surface area contributed by atoms with Crippen LogP contribution in [-0.4, -0.2) is 43.3 Å². The SMILES string of the molecule is NC(=O)NC(=O)CCSCCOCCOc1ccccc1. The summed E-state index contributed by atoms with van der Waals surface area (Å²) < 4.78 is 10.9. The van der Waals surface area contributed by atoms with Gasteiger partial charge in [0, 0.05) is 17.9 Å². The van der Waals surface area contributed by atoms with Crippen molar-refractivity contribution in [2.75, 3.05) is 31.3 Å². The summed E-state index contributed by atoms with van der Waals surface area (Å²) in [5.41, 5.74) is 4.82. The van der Waals surface area contributed by atoms with Crippen molar-refractivity contribution in [3.8, 4) is 5.75 Å². The number of ether oxygens (including phenoxy) is 2. The molecule has 0 aliphatic carbocycles. The molecule has 3 N–H and O–H groups in total. The smallest absolute Gasteiger partial charge is 0.318 e. The number of imide groups is 1. The van der Waals surface area contributed by atoms with E-state index in [-0.39, 0.29) is 12.3 Å². The van der Waals surface area contributed by atoms with Crippen LogP contribution in [0.1, 0.15) is 6.42 Å². The number of amides is 3. The van der Waals surface area contributed by atoms with E-state index in [1.807, 2.05) is 35.6 Å². The van der Waals surface area contributed by atoms with Gasteiger partial charge in [0.2, 0.25) is 5.91 Å². The fraction of sp³-hybridized carbons (Fsp3) is 0.429. The van der Waals surface area contributed by atoms with Gasteiger partial charge in [0.1, 0.15) is 12.4 Å². The quantitative estimate of drug-likeness (QED) is 0.637. The molecule has 6 nitrogen and oxygen atoms in total. The number of para-hydroxylation sites is 1. The molecule has 0 radical (unpaired) electrons. The molecule has 1 rings (SSSR count). The molecule has 0 heterocycles. The van der Waals surface area contributed by atoms with Crippen LogP contribution >= 0.6 is 11.8 Å². The number of urea groups is 1. The second kappa shape index (κ2) is 11.0. The number of nitrogens with two attached hydrogens (primary N) is 1. The highest BCUT2D eigenvalue weighted by Crippen LogP contribution is 2.07. The molecule has 0 fully saturated rings. The lowest BCUT2D eigenvalue weighted by Gasteiger charge is -2.07. The van der Waals surface area contributed by atoms with Crippen LogP contribution < -0.4 is 15.8 Å². The fourth-order valence-corrected chi connectivity index (χ4v) is 2.19. The number of thioether (sulfide) groups is 1. The lowest BCUT2D eigenvalue weighted by atomic mass is 10.3. The summed E-state index contributed by atoms with van der Waals surface area (Å²) in [6.07, 6.45) is 0.269. The van der Waals surface area contributed by atoms with Crippen LogP contribution in [0.25, 0.3) is 0 Å². The largest absolute Gasteiger partial charge is 0.491 e. The summed E-state index contributed by atoms with van der Waals surface area (Å²) in [5.74, 6) is 1.89. The third-order valence-electron chi connectivity index (χ3n) is 2.35. The molecule has 0 atom stereocenters. The molecule has 0 saturated heterocycles. The van der Waals surface area contributed by atoms with Crippen molar-refractivity contribution in [2.45, 2.75) is 6.42 Å². The van der Waals surface area contributed by atoms with Crippen molar-refractivity contribution in [2.24, 2.45) is 5.73 Å². The lowest BCUT2D eigenvalue weighted by Crippen LogP contribution is -2.35. The molecular weight excluding hydrogens is 292 g/mol. The minimum absolute atomic E-state index is 0.269. The molecule has 1 aromatic carbocycles. The zero-order valence-electron chi connectivity index (χ0n) is 11.7. The Morgan fingerprint density at radius 2 is 1.86 bits per heavy atom. The van der Waals surface area contributed by atoms with Gasteiger partial charge in [0.25, 0.3) is 0 Å². The standard InChI is InChI=1S/C14H20N2O4S/c15-14(18)16-13(17)6-10-21-11-9-19-7-8-20-12-4-2-1-3-5-12/h1-5H,6-11H2,(H3,15,16,17,18). The highest BCUT2D eigenvalue weighted by atomic mass is 32.2. The monoisotopic (exact) mass is 312 g/mol. The number of benzene rings is 1. The van der Waals surface area contributed by atoms with Gasteiger partial charge < -0.3 is 15.2 Å². The van der Waals surface area contributed by atoms with Crippen LogP contribution in [0.4, 0.5) is 4.79 Å². The highest BCUT2D eigenvalue weighted by molar-refractivity contribution is 7.99. The second-order valence-corrected chi connectivity index (χ2v) is 5.27. The van der Waals surface area contributed by atoms with Crippen molar-refractivity contribution in [1.82, 2.24) is 5.32 Å². The summed E-state index contributed by atoms with van der Waals surface area (Å²) in [7, 11) is 0. The highest BCUT2D eigenvalue weighted by Gasteiger charge is 2.03. The van der Waals surface area contributed by atoms with E-state index in [0.29, 0.717) is 25.6 Å². The number of nitrogens with one attached hydrogen (secondary N) is 1. The Balaban J connectivity index is 1.87. The Labute approximate surface area is 128 Å². The maximum absolute atomic E-state index is 11.1. The van der Waals surface area contributed by atoms with Crippen molar-refractivity contribution in [1.29, 1.82) is 0 Å². The van der Waals surface area contributed by atoms with Gasteiger partial charge in [-0.25, -0.2) is 4.79 Å². The van der Waals surface area contributed by atoms with Gasteiger partial charge in [-0.2, -0.15) is 11.8 Å². The van der Waals surface area contributed by atoms with Crippen molar-refractivity contribution < 1.29 is 19.1 Å². The fourth-order valence-electron chi connectivity index (χ4n) is 1.42. The normalized spacial score (nSPS) is 10.1. The van der Waals surface area contributed by atoms with Gasteiger partial charge >= 0.3 is 6.03 Å². The second-order valence-electron chi connectivity index (χ2n) is 4.05. The molecule has 0 aliphatic heterocycles. The maximum Gasteiger partial charge on any atom is 0.318 e. The maximum atomic E-state index is 11.1. The van der Waals surface area contributed by atoms with Gasteiger partial charge in [-0.15, -0.1) is 0 Å². The van der Waals surface area contributed by atoms with Crippen LogP contribution in [0, 0.1) is 0 Å². The minimum atomic E-state index is -0.813. The zero-order valence-corrected chi connectivity index (χ0v) is 12.6. The van der Waals surface area contributed by atoms with E-state index in [1.54, 1.807) is 11.8 Å². The first kappa shape index (κ1) is 17.3. The zero-order chi connectivity index (χ0) is 15.3. The molecule has 0 unspecified atom stereocenters. The van der Waals surface area contributed by atoms with Crippen LogP contribution in [0.3, 0.4) is 0 Å². The number of hydrogen-bond acceptors (Lipinski definition) is 5. The molecule has 3 amide bonds. The third kappa shape index (κ3) is 9.75. The number of rotatable bonds is 10. The van der Waals surface area contributed by atoms with Gasteiger partial charge in [-0.05, 0) is 12.1 Å². The van der Waals surface area contributed by atoms with Crippen molar-refractivity contribution in [3.05, 3.63) is 30.3 Å². The van der Waals surface area contributed by atoms with Crippen LogP contribution in [0.15, 0.2) is 30.3 Å². The summed E-state index contributed by atoms with van der Waals surface area (Å²) in [6.45, 7) is 1.63. The Kier molecular flexibility index (Phi) is 9.06. The topological polar surface area (TPSA) is 90.7 Å². The molecule has 0 bridgehead atoms. The Bertz CT molecular complexity index is 428. The predicted octanol–water partition coefficient (Wildman–Crippen LogP) is 1.40. The van der Waals surface area contributed by atoms with Crippen LogP contribution in [0.2, 0.25) is 0 Å². The van der Waals surface area contributed by atoms with Crippen molar-refractivity contribution in [3.63, 3.8) is 0 Å². The molecule has 116 valence electrons. The van der Waals surface area contributed by atoms with Crippen LogP contribution in [-0.2, 0) is 9.53 Å². The van der Waals surface area contributed by atoms with E-state index >= 15 is 0 Å². The number of primary amides is 1. The van der Waals surface area contributed by atoms with E-state index < -0.39 is 6.03 Å². The Morgan fingerprint density at radius 3 is 2.57 bits per heavy atom. The summed E-state index contributed by atoms with van der Waals surface area (Å²) in [4.78, 5) is 21.5. The van der Waals surface area contributed by atoms with Gasteiger partial charge in [0.05, 0.1) is 13.2 Å². The van der Waals surface area contributed by atoms with E-state index in [0.717, 1.165) is 11.5 Å². The summed E-state index contributed by atoms with van der Waals surface area (Å²) in [5, 5.41) is 2.02. The predicted molar refractivity (Wildman–Crippen MR) is 82.4 cm³/mol. The Morgan fingerprint density at radius 1 is 1.10 bits per heavy atom. The Hall–Kier alpha value is -1.73. The summed E-state index contributed by atoms with van der Waals surface area (Å²) >= 11 is 1.58. The number of hydrogen-bond donors (Lipinski definition) is 2. The molecule has 0 saturated carbocycles.